The fraction of sp³-hybridized carbons (Fsp3) is 0.556. The number of ether oxygens (including phenoxy) is 10. The molecule has 320 valence electrons. The van der Waals surface area contributed by atoms with Gasteiger partial charge in [-0.1, -0.05) is 23.5 Å². The van der Waals surface area contributed by atoms with Crippen LogP contribution >= 0.6 is 23.5 Å². The first kappa shape index (κ1) is 46.0. The first-order valence-electron chi connectivity index (χ1n) is 17.4. The van der Waals surface area contributed by atoms with Crippen LogP contribution in [0, 0.1) is 0 Å². The van der Waals surface area contributed by atoms with Gasteiger partial charge in [0.25, 0.3) is 0 Å². The molecule has 0 unspecified atom stereocenters. The zero-order valence-corrected chi connectivity index (χ0v) is 34.1. The van der Waals surface area contributed by atoms with Crippen LogP contribution in [0.1, 0.15) is 41.5 Å². The van der Waals surface area contributed by atoms with Gasteiger partial charge in [0.05, 0.1) is 22.3 Å². The van der Waals surface area contributed by atoms with Crippen molar-refractivity contribution in [3.8, 4) is 23.0 Å². The molecule has 2 aliphatic rings. The number of methoxy groups -OCH3 is 2. The van der Waals surface area contributed by atoms with E-state index < -0.39 is 126 Å². The number of phenolic OH excluding ortho intramolecular Hbond substituents is 3. The topological polar surface area (TPSA) is 276 Å². The predicted octanol–water partition coefficient (Wildman–Crippen LogP) is 1.83. The van der Waals surface area contributed by atoms with Gasteiger partial charge in [-0.25, -0.2) is 0 Å². The molecule has 4 rings (SSSR count). The van der Waals surface area contributed by atoms with Crippen LogP contribution in [0.15, 0.2) is 21.9 Å². The smallest absolute Gasteiger partial charge is 0.303 e. The number of carbonyl (C=O) groups is 6. The number of thioether (sulfide) groups is 2. The van der Waals surface area contributed by atoms with E-state index in [1.54, 1.807) is 0 Å². The molecule has 2 fully saturated rings. The highest BCUT2D eigenvalue weighted by Crippen LogP contribution is 2.56. The number of rotatable bonds is 14. The van der Waals surface area contributed by atoms with Crippen LogP contribution in [0.25, 0.3) is 10.8 Å². The lowest BCUT2D eigenvalue weighted by Crippen LogP contribution is -2.61. The number of aliphatic hydroxyl groups excluding tert-OH is 1. The summed E-state index contributed by atoms with van der Waals surface area (Å²) in [7, 11) is 2.47. The van der Waals surface area contributed by atoms with Gasteiger partial charge >= 0.3 is 35.8 Å². The normalized spacial score (nSPS) is 26.8. The minimum absolute atomic E-state index is 0.107. The van der Waals surface area contributed by atoms with Crippen molar-refractivity contribution in [1.29, 1.82) is 0 Å². The van der Waals surface area contributed by atoms with Crippen molar-refractivity contribution in [3.05, 3.63) is 12.1 Å². The second-order valence-corrected chi connectivity index (χ2v) is 15.0. The zero-order chi connectivity index (χ0) is 43.2. The highest BCUT2D eigenvalue weighted by Gasteiger charge is 2.54. The Labute approximate surface area is 339 Å². The number of carbonyl (C=O) groups excluding carboxylic acids is 6. The van der Waals surface area contributed by atoms with Gasteiger partial charge in [-0.3, -0.25) is 28.8 Å². The summed E-state index contributed by atoms with van der Waals surface area (Å²) in [6, 6.07) is 2.63. The van der Waals surface area contributed by atoms with E-state index in [1.807, 2.05) is 0 Å². The van der Waals surface area contributed by atoms with E-state index in [1.165, 1.54) is 26.4 Å². The van der Waals surface area contributed by atoms with E-state index in [4.69, 9.17) is 47.4 Å². The fourth-order valence-electron chi connectivity index (χ4n) is 6.29. The highest BCUT2D eigenvalue weighted by atomic mass is 32.2. The molecule has 2 aromatic carbocycles. The van der Waals surface area contributed by atoms with Crippen LogP contribution in [-0.4, -0.2) is 143 Å². The van der Waals surface area contributed by atoms with Crippen LogP contribution in [0.3, 0.4) is 0 Å². The van der Waals surface area contributed by atoms with Gasteiger partial charge in [0, 0.05) is 54.0 Å². The summed E-state index contributed by atoms with van der Waals surface area (Å²) in [4.78, 5) is 72.5. The van der Waals surface area contributed by atoms with Crippen molar-refractivity contribution < 1.29 is 96.6 Å². The predicted molar refractivity (Wildman–Crippen MR) is 197 cm³/mol. The number of hydrogen-bond donors (Lipinski definition) is 4. The third kappa shape index (κ3) is 10.7. The Kier molecular flexibility index (Phi) is 15.7. The molecule has 0 amide bonds. The van der Waals surface area contributed by atoms with E-state index in [9.17, 15) is 49.2 Å². The maximum Gasteiger partial charge on any atom is 0.303 e. The van der Waals surface area contributed by atoms with E-state index in [0.717, 1.165) is 41.5 Å². The van der Waals surface area contributed by atoms with Crippen molar-refractivity contribution in [2.45, 2.75) is 111 Å². The molecule has 2 saturated heterocycles. The van der Waals surface area contributed by atoms with Gasteiger partial charge in [0.2, 0.25) is 0 Å². The summed E-state index contributed by atoms with van der Waals surface area (Å²) >= 11 is 1.19. The number of benzene rings is 2. The molecule has 2 aliphatic heterocycles. The first-order valence-corrected chi connectivity index (χ1v) is 19.1. The Hall–Kier alpha value is -4.74. The number of phenols is 3. The molecule has 58 heavy (non-hydrogen) atoms. The molecule has 0 aromatic heterocycles. The molecule has 2 aromatic rings. The minimum Gasteiger partial charge on any atom is -0.506 e. The van der Waals surface area contributed by atoms with Gasteiger partial charge in [-0.15, -0.1) is 0 Å². The van der Waals surface area contributed by atoms with Gasteiger partial charge in [0.1, 0.15) is 60.0 Å². The SMILES string of the molecule is COc1ccc2c(O)c(S[C@H]3O[C@@H](COC(C)=O)[C@H](OC(C)=O)[C@@H](OC)[C@@H]3O)c(S[C@@H]3O[C@H](COC(C)=O)[C@@H](OC(C)=O)[C@H](OC(C)=O)[C@H]3OC(C)=O)c(O)c2c1O. The summed E-state index contributed by atoms with van der Waals surface area (Å²) in [5, 5.41) is 46.3. The molecule has 22 heteroatoms. The van der Waals surface area contributed by atoms with E-state index in [-0.39, 0.29) is 26.3 Å². The largest absolute Gasteiger partial charge is 0.506 e. The van der Waals surface area contributed by atoms with Crippen LogP contribution in [0.4, 0.5) is 0 Å². The summed E-state index contributed by atoms with van der Waals surface area (Å²) < 4.78 is 55.4. The molecule has 0 radical (unpaired) electrons. The number of fused-ring (bicyclic) bond motifs is 1. The maximum atomic E-state index is 12.6. The monoisotopic (exact) mass is 860 g/mol. The highest BCUT2D eigenvalue weighted by molar-refractivity contribution is 8.03. The molecule has 0 bridgehead atoms. The molecule has 0 spiro atoms. The van der Waals surface area contributed by atoms with Crippen LogP contribution in [0.5, 0.6) is 23.0 Å². The Morgan fingerprint density at radius 1 is 0.586 bits per heavy atom. The Morgan fingerprint density at radius 3 is 1.52 bits per heavy atom. The zero-order valence-electron chi connectivity index (χ0n) is 32.5. The van der Waals surface area contributed by atoms with Gasteiger partial charge in [0.15, 0.2) is 35.9 Å². The first-order chi connectivity index (χ1) is 27.3. The van der Waals surface area contributed by atoms with Crippen molar-refractivity contribution in [2.75, 3.05) is 27.4 Å². The Bertz CT molecular complexity index is 1890. The molecule has 2 heterocycles. The molecular weight excluding hydrogens is 817 g/mol. The quantitative estimate of drug-likeness (QED) is 0.120. The third-order valence-electron chi connectivity index (χ3n) is 8.55. The second kappa shape index (κ2) is 19.8. The van der Waals surface area contributed by atoms with Gasteiger partial charge in [-0.05, 0) is 12.1 Å². The van der Waals surface area contributed by atoms with Crippen LogP contribution < -0.4 is 4.74 Å². The van der Waals surface area contributed by atoms with Gasteiger partial charge in [-0.2, -0.15) is 0 Å². The molecule has 4 N–H and O–H groups in total. The second-order valence-electron chi connectivity index (χ2n) is 12.8. The van der Waals surface area contributed by atoms with Crippen LogP contribution in [-0.2, 0) is 71.4 Å². The van der Waals surface area contributed by atoms with E-state index >= 15 is 0 Å². The average Bonchev–Trinajstić information content (AvgIpc) is 3.12. The van der Waals surface area contributed by atoms with E-state index in [0.29, 0.717) is 23.5 Å². The summed E-state index contributed by atoms with van der Waals surface area (Å²) in [5.41, 5.74) is -2.99. The number of aromatic hydroxyl groups is 3. The van der Waals surface area contributed by atoms with Crippen LogP contribution in [0.2, 0.25) is 0 Å². The fourth-order valence-corrected chi connectivity index (χ4v) is 8.92. The molecule has 10 atom stereocenters. The lowest BCUT2D eigenvalue weighted by molar-refractivity contribution is -0.237. The third-order valence-corrected chi connectivity index (χ3v) is 11.2. The lowest BCUT2D eigenvalue weighted by atomic mass is 9.99. The molecule has 0 aliphatic carbocycles. The van der Waals surface area contributed by atoms with E-state index in [2.05, 4.69) is 0 Å². The molecule has 20 nitrogen and oxygen atoms in total. The number of esters is 6. The standard InChI is InChI=1S/C36H44O20S2/c1-13(37)49-11-21-28(51-15(3)39)30(48-8)27(46)35(55-21)57-33-24(43)19-9-10-20(47-7)25(44)23(19)26(45)34(33)58-36-32(54-18(6)42)31(53-17(5)41)29(52-16(4)40)22(56-36)12-50-14(2)38/h9-10,21-22,27-32,35-36,43-46H,11-12H2,1-8H3/t21-,22+,27-,28-,29+,30-,31-,32+,35+,36-/m0/s1. The number of hydrogen-bond acceptors (Lipinski definition) is 22. The maximum absolute atomic E-state index is 12.6. The van der Waals surface area contributed by atoms with Crippen molar-refractivity contribution in [1.82, 2.24) is 0 Å². The van der Waals surface area contributed by atoms with Crippen molar-refractivity contribution in [2.24, 2.45) is 0 Å². The van der Waals surface area contributed by atoms with Gasteiger partial charge < -0.3 is 67.8 Å². The Balaban J connectivity index is 1.94. The molecule has 0 saturated carbocycles. The van der Waals surface area contributed by atoms with Crippen molar-refractivity contribution >= 4 is 70.1 Å². The summed E-state index contributed by atoms with van der Waals surface area (Å²) in [6.45, 7) is 5.43. The summed E-state index contributed by atoms with van der Waals surface area (Å²) in [6.07, 6.45) is -11.6. The van der Waals surface area contributed by atoms with Crippen molar-refractivity contribution in [3.63, 3.8) is 0 Å². The Morgan fingerprint density at radius 2 is 1.03 bits per heavy atom. The molecular formula is C36H44O20S2. The average molecular weight is 861 g/mol. The minimum atomic E-state index is -1.64. The number of aliphatic hydroxyl groups is 1. The summed E-state index contributed by atoms with van der Waals surface area (Å²) in [5.74, 6) is -6.91. The lowest BCUT2D eigenvalue weighted by Gasteiger charge is -2.44.